The van der Waals surface area contributed by atoms with Crippen molar-refractivity contribution in [1.82, 2.24) is 10.1 Å². The van der Waals surface area contributed by atoms with Crippen molar-refractivity contribution >= 4 is 5.69 Å². The van der Waals surface area contributed by atoms with Crippen molar-refractivity contribution in [1.29, 1.82) is 0 Å². The minimum absolute atomic E-state index is 0.517. The second kappa shape index (κ2) is 5.40. The number of rotatable bonds is 3. The lowest BCUT2D eigenvalue weighted by atomic mass is 10.1. The molecule has 0 aliphatic carbocycles. The number of hydrogen-bond donors (Lipinski definition) is 1. The van der Waals surface area contributed by atoms with E-state index in [0.29, 0.717) is 23.8 Å². The Bertz CT molecular complexity index is 777. The summed E-state index contributed by atoms with van der Waals surface area (Å²) in [6, 6.07) is 13.9. The lowest BCUT2D eigenvalue weighted by Crippen LogP contribution is -1.94. The summed E-state index contributed by atoms with van der Waals surface area (Å²) in [4.78, 5) is 4.49. The van der Waals surface area contributed by atoms with Crippen LogP contribution in [0.15, 0.2) is 47.0 Å². The molecule has 3 aromatic rings. The van der Waals surface area contributed by atoms with Crippen LogP contribution in [0.4, 0.5) is 5.69 Å². The smallest absolute Gasteiger partial charge is 0.258 e. The molecule has 0 aliphatic heterocycles. The first-order chi connectivity index (χ1) is 10.1. The highest BCUT2D eigenvalue weighted by atomic mass is 16.5. The lowest BCUT2D eigenvalue weighted by molar-refractivity contribution is 0.423. The molecule has 106 valence electrons. The van der Waals surface area contributed by atoms with Gasteiger partial charge in [-0.2, -0.15) is 4.98 Å². The number of nitrogens with zero attached hydrogens (tertiary/aromatic N) is 2. The standard InChI is InChI=1S/C17H17N3O/c1-11-5-3-4-6-13(11)9-16-19-17(21-20-16)15-10-14(18)8-7-12(15)2/h3-8,10H,9,18H2,1-2H3. The van der Waals surface area contributed by atoms with Crippen molar-refractivity contribution in [2.45, 2.75) is 20.3 Å². The van der Waals surface area contributed by atoms with Crippen molar-refractivity contribution in [3.63, 3.8) is 0 Å². The highest BCUT2D eigenvalue weighted by Gasteiger charge is 2.12. The molecule has 0 fully saturated rings. The van der Waals surface area contributed by atoms with Crippen molar-refractivity contribution in [3.8, 4) is 11.5 Å². The fourth-order valence-electron chi connectivity index (χ4n) is 2.28. The van der Waals surface area contributed by atoms with Crippen molar-refractivity contribution in [2.24, 2.45) is 0 Å². The van der Waals surface area contributed by atoms with E-state index in [1.54, 1.807) is 0 Å². The van der Waals surface area contributed by atoms with E-state index >= 15 is 0 Å². The normalized spacial score (nSPS) is 10.8. The molecular formula is C17H17N3O. The van der Waals surface area contributed by atoms with Crippen LogP contribution in [-0.2, 0) is 6.42 Å². The molecule has 0 saturated heterocycles. The predicted molar refractivity (Wildman–Crippen MR) is 82.9 cm³/mol. The molecule has 4 heteroatoms. The summed E-state index contributed by atoms with van der Waals surface area (Å²) in [6.45, 7) is 4.08. The van der Waals surface area contributed by atoms with Gasteiger partial charge in [-0.3, -0.25) is 0 Å². The van der Waals surface area contributed by atoms with Crippen molar-refractivity contribution in [2.75, 3.05) is 5.73 Å². The average Bonchev–Trinajstić information content (AvgIpc) is 2.92. The van der Waals surface area contributed by atoms with Crippen molar-refractivity contribution < 1.29 is 4.52 Å². The van der Waals surface area contributed by atoms with E-state index in [1.807, 2.05) is 37.3 Å². The molecule has 0 bridgehead atoms. The molecule has 21 heavy (non-hydrogen) atoms. The molecule has 0 spiro atoms. The van der Waals surface area contributed by atoms with Gasteiger partial charge in [-0.1, -0.05) is 35.5 Å². The summed E-state index contributed by atoms with van der Waals surface area (Å²) >= 11 is 0. The van der Waals surface area contributed by atoms with Crippen LogP contribution in [-0.4, -0.2) is 10.1 Å². The summed E-state index contributed by atoms with van der Waals surface area (Å²) in [6.07, 6.45) is 0.664. The summed E-state index contributed by atoms with van der Waals surface area (Å²) in [5.41, 5.74) is 10.9. The number of aryl methyl sites for hydroxylation is 2. The minimum Gasteiger partial charge on any atom is -0.399 e. The van der Waals surface area contributed by atoms with E-state index in [0.717, 1.165) is 11.1 Å². The van der Waals surface area contributed by atoms with Gasteiger partial charge in [0, 0.05) is 17.7 Å². The first-order valence-corrected chi connectivity index (χ1v) is 6.87. The molecule has 0 unspecified atom stereocenters. The molecule has 0 atom stereocenters. The van der Waals surface area contributed by atoms with Crippen LogP contribution in [0.5, 0.6) is 0 Å². The van der Waals surface area contributed by atoms with E-state index in [-0.39, 0.29) is 0 Å². The zero-order valence-electron chi connectivity index (χ0n) is 12.1. The second-order valence-electron chi connectivity index (χ2n) is 5.19. The molecule has 0 aliphatic rings. The van der Waals surface area contributed by atoms with E-state index in [4.69, 9.17) is 10.3 Å². The van der Waals surface area contributed by atoms with Gasteiger partial charge in [0.15, 0.2) is 5.82 Å². The molecule has 0 saturated carbocycles. The van der Waals surface area contributed by atoms with Gasteiger partial charge in [-0.15, -0.1) is 0 Å². The van der Waals surface area contributed by atoms with Crippen LogP contribution >= 0.6 is 0 Å². The third-order valence-electron chi connectivity index (χ3n) is 3.57. The van der Waals surface area contributed by atoms with Crippen LogP contribution in [0.3, 0.4) is 0 Å². The van der Waals surface area contributed by atoms with Gasteiger partial charge in [-0.25, -0.2) is 0 Å². The Morgan fingerprint density at radius 2 is 1.86 bits per heavy atom. The van der Waals surface area contributed by atoms with Crippen LogP contribution < -0.4 is 5.73 Å². The first kappa shape index (κ1) is 13.4. The van der Waals surface area contributed by atoms with E-state index in [9.17, 15) is 0 Å². The zero-order chi connectivity index (χ0) is 14.8. The van der Waals surface area contributed by atoms with Gasteiger partial charge in [0.2, 0.25) is 0 Å². The summed E-state index contributed by atoms with van der Waals surface area (Å²) in [5, 5.41) is 4.07. The largest absolute Gasteiger partial charge is 0.399 e. The van der Waals surface area contributed by atoms with Crippen LogP contribution in [0.2, 0.25) is 0 Å². The second-order valence-corrected chi connectivity index (χ2v) is 5.19. The fraction of sp³-hybridized carbons (Fsp3) is 0.176. The molecule has 4 nitrogen and oxygen atoms in total. The molecule has 2 aromatic carbocycles. The van der Waals surface area contributed by atoms with Crippen molar-refractivity contribution in [3.05, 3.63) is 65.0 Å². The number of anilines is 1. The number of nitrogens with two attached hydrogens (primary N) is 1. The fourth-order valence-corrected chi connectivity index (χ4v) is 2.28. The van der Waals surface area contributed by atoms with E-state index < -0.39 is 0 Å². The molecule has 2 N–H and O–H groups in total. The lowest BCUT2D eigenvalue weighted by Gasteiger charge is -2.02. The number of nitrogen functional groups attached to an aromatic ring is 1. The third kappa shape index (κ3) is 2.79. The van der Waals surface area contributed by atoms with Crippen LogP contribution in [0, 0.1) is 13.8 Å². The first-order valence-electron chi connectivity index (χ1n) is 6.87. The Labute approximate surface area is 123 Å². The Morgan fingerprint density at radius 3 is 2.67 bits per heavy atom. The summed E-state index contributed by atoms with van der Waals surface area (Å²) in [7, 11) is 0. The van der Waals surface area contributed by atoms with Gasteiger partial charge >= 0.3 is 0 Å². The number of benzene rings is 2. The van der Waals surface area contributed by atoms with Gasteiger partial charge in [0.25, 0.3) is 5.89 Å². The Hall–Kier alpha value is -2.62. The van der Waals surface area contributed by atoms with Crippen LogP contribution in [0.1, 0.15) is 22.5 Å². The molecular weight excluding hydrogens is 262 g/mol. The number of aromatic nitrogens is 2. The summed E-state index contributed by atoms with van der Waals surface area (Å²) < 4.78 is 5.38. The Kier molecular flexibility index (Phi) is 3.44. The predicted octanol–water partition coefficient (Wildman–Crippen LogP) is 3.53. The minimum atomic E-state index is 0.517. The van der Waals surface area contributed by atoms with Gasteiger partial charge in [0.1, 0.15) is 0 Å². The Morgan fingerprint density at radius 1 is 1.05 bits per heavy atom. The maximum atomic E-state index is 5.83. The van der Waals surface area contributed by atoms with E-state index in [2.05, 4.69) is 29.2 Å². The summed E-state index contributed by atoms with van der Waals surface area (Å²) in [5.74, 6) is 1.20. The molecule has 0 radical (unpaired) electrons. The SMILES string of the molecule is Cc1ccccc1Cc1noc(-c2cc(N)ccc2C)n1. The quantitative estimate of drug-likeness (QED) is 0.745. The highest BCUT2D eigenvalue weighted by molar-refractivity contribution is 5.63. The maximum Gasteiger partial charge on any atom is 0.258 e. The van der Waals surface area contributed by atoms with E-state index in [1.165, 1.54) is 11.1 Å². The Balaban J connectivity index is 1.90. The monoisotopic (exact) mass is 279 g/mol. The van der Waals surface area contributed by atoms with Gasteiger partial charge < -0.3 is 10.3 Å². The topological polar surface area (TPSA) is 64.9 Å². The molecule has 0 amide bonds. The molecule has 3 rings (SSSR count). The average molecular weight is 279 g/mol. The molecule has 1 aromatic heterocycles. The molecule has 1 heterocycles. The highest BCUT2D eigenvalue weighted by Crippen LogP contribution is 2.24. The zero-order valence-corrected chi connectivity index (χ0v) is 12.1. The van der Waals surface area contributed by atoms with Crippen LogP contribution in [0.25, 0.3) is 11.5 Å². The maximum absolute atomic E-state index is 5.83. The van der Waals surface area contributed by atoms with Gasteiger partial charge in [-0.05, 0) is 42.7 Å². The third-order valence-corrected chi connectivity index (χ3v) is 3.57. The van der Waals surface area contributed by atoms with Gasteiger partial charge in [0.05, 0.1) is 0 Å². The number of hydrogen-bond acceptors (Lipinski definition) is 4.